The average molecular weight is 217 g/mol. The largest absolute Gasteiger partial charge is 0.394 e. The van der Waals surface area contributed by atoms with E-state index in [1.54, 1.807) is 0 Å². The maximum Gasteiger partial charge on any atom is 0.350 e. The van der Waals surface area contributed by atoms with Crippen LogP contribution in [0.5, 0.6) is 0 Å². The summed E-state index contributed by atoms with van der Waals surface area (Å²) >= 11 is 0. The Morgan fingerprint density at radius 2 is 1.85 bits per heavy atom. The van der Waals surface area contributed by atoms with Crippen LogP contribution in [0.4, 0.5) is 8.78 Å². The summed E-state index contributed by atoms with van der Waals surface area (Å²) < 4.78 is 46.3. The summed E-state index contributed by atoms with van der Waals surface area (Å²) in [5.41, 5.74) is -1.21. The van der Waals surface area contributed by atoms with Crippen molar-refractivity contribution in [3.8, 4) is 0 Å². The highest BCUT2D eigenvalue weighted by atomic mass is 32.2. The zero-order valence-corrected chi connectivity index (χ0v) is 8.48. The highest BCUT2D eigenvalue weighted by Gasteiger charge is 2.38. The number of aliphatic hydroxyl groups is 1. The number of hydrogen-bond donors (Lipinski definition) is 1. The van der Waals surface area contributed by atoms with Crippen LogP contribution < -0.4 is 0 Å². The van der Waals surface area contributed by atoms with Crippen LogP contribution in [0.1, 0.15) is 13.8 Å². The first kappa shape index (κ1) is 12.7. The molecule has 0 radical (unpaired) electrons. The van der Waals surface area contributed by atoms with E-state index in [0.29, 0.717) is 4.31 Å². The number of hydrogen-bond acceptors (Lipinski definition) is 3. The van der Waals surface area contributed by atoms with E-state index in [1.165, 1.54) is 13.8 Å². The molecule has 0 aliphatic rings. The minimum atomic E-state index is -4.61. The highest BCUT2D eigenvalue weighted by molar-refractivity contribution is 7.89. The standard InChI is InChI=1S/C6H13F2NO3S/c1-6(2,4-10)9(3)13(11,12)5(7)8/h5,10H,4H2,1-3H3. The number of aliphatic hydroxyl groups excluding tert-OH is 1. The van der Waals surface area contributed by atoms with E-state index in [9.17, 15) is 17.2 Å². The summed E-state index contributed by atoms with van der Waals surface area (Å²) in [5.74, 6) is -3.46. The quantitative estimate of drug-likeness (QED) is 0.734. The minimum absolute atomic E-state index is 0.477. The van der Waals surface area contributed by atoms with Gasteiger partial charge in [-0.25, -0.2) is 8.42 Å². The fourth-order valence-corrected chi connectivity index (χ4v) is 1.55. The molecule has 0 rings (SSSR count). The second-order valence-electron chi connectivity index (χ2n) is 3.24. The molecule has 0 bridgehead atoms. The Hall–Kier alpha value is -0.270. The summed E-state index contributed by atoms with van der Waals surface area (Å²) in [5, 5.41) is 8.76. The second kappa shape index (κ2) is 3.85. The van der Waals surface area contributed by atoms with E-state index < -0.39 is 27.9 Å². The Bertz CT molecular complexity index is 263. The van der Waals surface area contributed by atoms with Gasteiger partial charge in [-0.05, 0) is 13.8 Å². The topological polar surface area (TPSA) is 57.6 Å². The lowest BCUT2D eigenvalue weighted by Gasteiger charge is -2.32. The summed E-state index contributed by atoms with van der Waals surface area (Å²) in [4.78, 5) is 0. The van der Waals surface area contributed by atoms with Gasteiger partial charge in [-0.3, -0.25) is 0 Å². The second-order valence-corrected chi connectivity index (χ2v) is 5.18. The van der Waals surface area contributed by atoms with Gasteiger partial charge in [-0.15, -0.1) is 0 Å². The molecule has 80 valence electrons. The van der Waals surface area contributed by atoms with Crippen molar-refractivity contribution in [1.29, 1.82) is 0 Å². The van der Waals surface area contributed by atoms with Gasteiger partial charge in [0, 0.05) is 7.05 Å². The molecule has 1 N–H and O–H groups in total. The third-order valence-corrected chi connectivity index (χ3v) is 3.55. The monoisotopic (exact) mass is 217 g/mol. The van der Waals surface area contributed by atoms with E-state index in [0.717, 1.165) is 7.05 Å². The molecule has 0 aromatic heterocycles. The smallest absolute Gasteiger partial charge is 0.350 e. The lowest BCUT2D eigenvalue weighted by atomic mass is 10.1. The van der Waals surface area contributed by atoms with Crippen LogP contribution >= 0.6 is 0 Å². The molecular weight excluding hydrogens is 204 g/mol. The average Bonchev–Trinajstić information content (AvgIpc) is 2.02. The maximum absolute atomic E-state index is 12.0. The third kappa shape index (κ3) is 2.58. The number of sulfonamides is 1. The van der Waals surface area contributed by atoms with Gasteiger partial charge in [-0.2, -0.15) is 13.1 Å². The molecule has 4 nitrogen and oxygen atoms in total. The van der Waals surface area contributed by atoms with Crippen molar-refractivity contribution in [2.45, 2.75) is 25.1 Å². The van der Waals surface area contributed by atoms with Crippen molar-refractivity contribution in [2.75, 3.05) is 13.7 Å². The van der Waals surface area contributed by atoms with E-state index in [-0.39, 0.29) is 0 Å². The summed E-state index contributed by atoms with van der Waals surface area (Å²) in [6.45, 7) is 2.19. The first-order chi connectivity index (χ1) is 5.66. The van der Waals surface area contributed by atoms with E-state index in [2.05, 4.69) is 0 Å². The molecule has 0 aromatic carbocycles. The molecule has 0 fully saturated rings. The van der Waals surface area contributed by atoms with Crippen LogP contribution in [-0.4, -0.2) is 42.8 Å². The molecule has 7 heteroatoms. The molecule has 0 aliphatic heterocycles. The van der Waals surface area contributed by atoms with Crippen LogP contribution in [0.2, 0.25) is 0 Å². The summed E-state index contributed by atoms with van der Waals surface area (Å²) in [6.07, 6.45) is 0. The first-order valence-corrected chi connectivity index (χ1v) is 5.03. The lowest BCUT2D eigenvalue weighted by molar-refractivity contribution is 0.127. The van der Waals surface area contributed by atoms with Gasteiger partial charge < -0.3 is 5.11 Å². The van der Waals surface area contributed by atoms with Crippen LogP contribution in [0.15, 0.2) is 0 Å². The molecule has 0 aromatic rings. The van der Waals surface area contributed by atoms with Gasteiger partial charge in [0.15, 0.2) is 0 Å². The normalized spacial score (nSPS) is 14.2. The van der Waals surface area contributed by atoms with Gasteiger partial charge in [0.05, 0.1) is 12.1 Å². The van der Waals surface area contributed by atoms with E-state index in [1.807, 2.05) is 0 Å². The first-order valence-electron chi connectivity index (χ1n) is 3.53. The Morgan fingerprint density at radius 3 is 2.08 bits per heavy atom. The van der Waals surface area contributed by atoms with Gasteiger partial charge >= 0.3 is 5.76 Å². The van der Waals surface area contributed by atoms with Crippen molar-refractivity contribution in [1.82, 2.24) is 4.31 Å². The van der Waals surface area contributed by atoms with Crippen molar-refractivity contribution in [3.63, 3.8) is 0 Å². The molecule has 0 saturated carbocycles. The zero-order valence-electron chi connectivity index (χ0n) is 7.66. The Morgan fingerprint density at radius 1 is 1.46 bits per heavy atom. The highest BCUT2D eigenvalue weighted by Crippen LogP contribution is 2.20. The van der Waals surface area contributed by atoms with Gasteiger partial charge in [0.2, 0.25) is 0 Å². The van der Waals surface area contributed by atoms with Gasteiger partial charge in [0.1, 0.15) is 0 Å². The molecule has 0 atom stereocenters. The van der Waals surface area contributed by atoms with Crippen molar-refractivity contribution < 1.29 is 22.3 Å². The maximum atomic E-state index is 12.0. The van der Waals surface area contributed by atoms with Gasteiger partial charge in [-0.1, -0.05) is 0 Å². The molecule has 0 heterocycles. The molecule has 0 unspecified atom stereocenters. The minimum Gasteiger partial charge on any atom is -0.394 e. The van der Waals surface area contributed by atoms with Crippen LogP contribution in [0, 0.1) is 0 Å². The Kier molecular flexibility index (Phi) is 3.77. The fraction of sp³-hybridized carbons (Fsp3) is 1.00. The number of halogens is 2. The summed E-state index contributed by atoms with van der Waals surface area (Å²) in [7, 11) is -3.60. The molecule has 0 spiro atoms. The van der Waals surface area contributed by atoms with E-state index >= 15 is 0 Å². The summed E-state index contributed by atoms with van der Waals surface area (Å²) in [6, 6.07) is 0. The number of likely N-dealkylation sites (N-methyl/N-ethyl adjacent to an activating group) is 1. The van der Waals surface area contributed by atoms with Gasteiger partial charge in [0.25, 0.3) is 10.0 Å². The van der Waals surface area contributed by atoms with Crippen LogP contribution in [0.3, 0.4) is 0 Å². The number of alkyl halides is 2. The predicted octanol–water partition coefficient (Wildman–Crippen LogP) is 0.241. The molecule has 0 amide bonds. The third-order valence-electron chi connectivity index (χ3n) is 1.85. The Labute approximate surface area is 76.2 Å². The SMILES string of the molecule is CN(C(C)(C)CO)S(=O)(=O)C(F)F. The zero-order chi connectivity index (χ0) is 10.9. The molecule has 0 saturated heterocycles. The number of nitrogens with zero attached hydrogens (tertiary/aromatic N) is 1. The molecule has 0 aliphatic carbocycles. The number of rotatable bonds is 4. The fourth-order valence-electron chi connectivity index (χ4n) is 0.564. The Balaban J connectivity index is 4.91. The van der Waals surface area contributed by atoms with E-state index in [4.69, 9.17) is 5.11 Å². The predicted molar refractivity (Wildman–Crippen MR) is 43.9 cm³/mol. The van der Waals surface area contributed by atoms with Crippen LogP contribution in [0.25, 0.3) is 0 Å². The van der Waals surface area contributed by atoms with Crippen molar-refractivity contribution in [2.24, 2.45) is 0 Å². The molecular formula is C6H13F2NO3S. The lowest BCUT2D eigenvalue weighted by Crippen LogP contribution is -2.49. The van der Waals surface area contributed by atoms with Crippen molar-refractivity contribution >= 4 is 10.0 Å². The van der Waals surface area contributed by atoms with Crippen LogP contribution in [-0.2, 0) is 10.0 Å². The van der Waals surface area contributed by atoms with Crippen molar-refractivity contribution in [3.05, 3.63) is 0 Å². The molecule has 13 heavy (non-hydrogen) atoms.